The molecule has 0 radical (unpaired) electrons. The van der Waals surface area contributed by atoms with Crippen molar-refractivity contribution in [2.24, 2.45) is 5.73 Å². The second-order valence-electron chi connectivity index (χ2n) is 3.73. The number of amides is 2. The van der Waals surface area contributed by atoms with Crippen LogP contribution in [0.1, 0.15) is 6.42 Å². The molecule has 0 aromatic rings. The van der Waals surface area contributed by atoms with Crippen LogP contribution in [-0.4, -0.2) is 65.9 Å². The van der Waals surface area contributed by atoms with Crippen LogP contribution >= 0.6 is 0 Å². The van der Waals surface area contributed by atoms with Crippen molar-refractivity contribution in [3.63, 3.8) is 0 Å². The number of likely N-dealkylation sites (N-methyl/N-ethyl adjacent to an activating group) is 1. The van der Waals surface area contributed by atoms with E-state index in [0.717, 1.165) is 4.90 Å². The van der Waals surface area contributed by atoms with Crippen LogP contribution in [0.2, 0.25) is 0 Å². The minimum absolute atomic E-state index is 0.191. The quantitative estimate of drug-likeness (QED) is 0.529. The maximum atomic E-state index is 11.7. The molecule has 0 aliphatic heterocycles. The molecule has 18 heavy (non-hydrogen) atoms. The number of hydrogen-bond acceptors (Lipinski definition) is 5. The lowest BCUT2D eigenvalue weighted by atomic mass is 10.3. The summed E-state index contributed by atoms with van der Waals surface area (Å²) in [5.41, 5.74) is 4.96. The molecule has 0 saturated heterocycles. The van der Waals surface area contributed by atoms with Gasteiger partial charge in [-0.3, -0.25) is 19.3 Å². The Morgan fingerprint density at radius 2 is 1.89 bits per heavy atom. The van der Waals surface area contributed by atoms with Gasteiger partial charge in [-0.15, -0.1) is 0 Å². The van der Waals surface area contributed by atoms with Gasteiger partial charge in [0.1, 0.15) is 0 Å². The Morgan fingerprint density at radius 3 is 2.33 bits per heavy atom. The number of carbonyl (C=O) groups is 3. The summed E-state index contributed by atoms with van der Waals surface area (Å²) in [4.78, 5) is 35.4. The summed E-state index contributed by atoms with van der Waals surface area (Å²) in [5.74, 6) is -2.22. The van der Waals surface area contributed by atoms with Gasteiger partial charge in [-0.2, -0.15) is 5.26 Å². The van der Waals surface area contributed by atoms with Gasteiger partial charge in [-0.25, -0.2) is 0 Å². The van der Waals surface area contributed by atoms with Crippen LogP contribution in [0.3, 0.4) is 0 Å². The first-order valence-corrected chi connectivity index (χ1v) is 5.20. The maximum Gasteiger partial charge on any atom is 0.317 e. The topological polar surface area (TPSA) is 128 Å². The predicted molar refractivity (Wildman–Crippen MR) is 61.1 cm³/mol. The summed E-state index contributed by atoms with van der Waals surface area (Å²) >= 11 is 0. The van der Waals surface area contributed by atoms with Crippen LogP contribution in [0, 0.1) is 11.3 Å². The lowest BCUT2D eigenvalue weighted by Gasteiger charge is -2.22. The van der Waals surface area contributed by atoms with Gasteiger partial charge in [0.25, 0.3) is 0 Å². The van der Waals surface area contributed by atoms with Crippen LogP contribution in [0.25, 0.3) is 0 Å². The maximum absolute atomic E-state index is 11.7. The molecule has 100 valence electrons. The molecule has 0 aromatic heterocycles. The first kappa shape index (κ1) is 15.9. The first-order valence-electron chi connectivity index (χ1n) is 5.20. The molecule has 8 heteroatoms. The highest BCUT2D eigenvalue weighted by atomic mass is 16.4. The summed E-state index contributed by atoms with van der Waals surface area (Å²) in [7, 11) is 1.50. The standard InChI is InChI=1S/C10H16N4O4/c1-13(4-2-3-11)9(16)6-14(5-8(12)15)7-10(17)18/h2,4-7H2,1H3,(H2,12,15)(H,17,18). The van der Waals surface area contributed by atoms with Crippen molar-refractivity contribution in [2.45, 2.75) is 6.42 Å². The monoisotopic (exact) mass is 256 g/mol. The van der Waals surface area contributed by atoms with Crippen molar-refractivity contribution in [1.29, 1.82) is 5.26 Å². The van der Waals surface area contributed by atoms with Crippen molar-refractivity contribution in [1.82, 2.24) is 9.80 Å². The van der Waals surface area contributed by atoms with Gasteiger partial charge in [-0.05, 0) is 0 Å². The van der Waals surface area contributed by atoms with E-state index in [0.29, 0.717) is 0 Å². The normalized spacial score (nSPS) is 9.83. The van der Waals surface area contributed by atoms with Gasteiger partial charge in [0.2, 0.25) is 11.8 Å². The molecular formula is C10H16N4O4. The largest absolute Gasteiger partial charge is 0.480 e. The third-order valence-electron chi connectivity index (χ3n) is 2.08. The van der Waals surface area contributed by atoms with Crippen LogP contribution in [0.5, 0.6) is 0 Å². The van der Waals surface area contributed by atoms with Crippen LogP contribution in [0.15, 0.2) is 0 Å². The molecule has 0 unspecified atom stereocenters. The molecule has 3 N–H and O–H groups in total. The highest BCUT2D eigenvalue weighted by Crippen LogP contribution is 1.94. The van der Waals surface area contributed by atoms with Crippen molar-refractivity contribution in [3.05, 3.63) is 0 Å². The summed E-state index contributed by atoms with van der Waals surface area (Å²) < 4.78 is 0. The number of rotatable bonds is 8. The number of nitriles is 1. The van der Waals surface area contributed by atoms with Crippen LogP contribution in [-0.2, 0) is 14.4 Å². The fourth-order valence-electron chi connectivity index (χ4n) is 1.23. The summed E-state index contributed by atoms with van der Waals surface area (Å²) in [6.07, 6.45) is 0.191. The molecular weight excluding hydrogens is 240 g/mol. The molecule has 2 amide bonds. The van der Waals surface area contributed by atoms with E-state index >= 15 is 0 Å². The summed E-state index contributed by atoms with van der Waals surface area (Å²) in [6.45, 7) is -0.713. The molecule has 0 saturated carbocycles. The Kier molecular flexibility index (Phi) is 7.07. The van der Waals surface area contributed by atoms with E-state index in [4.69, 9.17) is 16.1 Å². The minimum atomic E-state index is -1.15. The summed E-state index contributed by atoms with van der Waals surface area (Å²) in [5, 5.41) is 17.0. The fourth-order valence-corrected chi connectivity index (χ4v) is 1.23. The zero-order valence-corrected chi connectivity index (χ0v) is 10.1. The van der Waals surface area contributed by atoms with Gasteiger partial charge in [0.15, 0.2) is 0 Å². The number of nitrogens with zero attached hydrogens (tertiary/aromatic N) is 3. The van der Waals surface area contributed by atoms with E-state index in [-0.39, 0.29) is 32.0 Å². The molecule has 8 nitrogen and oxygen atoms in total. The van der Waals surface area contributed by atoms with Crippen molar-refractivity contribution < 1.29 is 19.5 Å². The van der Waals surface area contributed by atoms with Gasteiger partial charge in [0, 0.05) is 13.6 Å². The minimum Gasteiger partial charge on any atom is -0.480 e. The van der Waals surface area contributed by atoms with Crippen LogP contribution in [0.4, 0.5) is 0 Å². The van der Waals surface area contributed by atoms with E-state index < -0.39 is 18.4 Å². The number of aliphatic carboxylic acids is 1. The van der Waals surface area contributed by atoms with Gasteiger partial charge in [-0.1, -0.05) is 0 Å². The molecule has 0 aromatic carbocycles. The summed E-state index contributed by atoms with van der Waals surface area (Å²) in [6, 6.07) is 1.90. The number of carboxylic acid groups (broad SMARTS) is 1. The Hall–Kier alpha value is -2.14. The molecule has 0 rings (SSSR count). The number of primary amides is 1. The molecule has 0 aliphatic rings. The fraction of sp³-hybridized carbons (Fsp3) is 0.600. The smallest absolute Gasteiger partial charge is 0.317 e. The Balaban J connectivity index is 4.38. The Morgan fingerprint density at radius 1 is 1.28 bits per heavy atom. The second-order valence-corrected chi connectivity index (χ2v) is 3.73. The molecule has 0 bridgehead atoms. The number of nitrogens with two attached hydrogens (primary N) is 1. The number of carbonyl (C=O) groups excluding carboxylic acids is 2. The second kappa shape index (κ2) is 8.03. The first-order chi connectivity index (χ1) is 8.36. The van der Waals surface area contributed by atoms with E-state index in [1.807, 2.05) is 6.07 Å². The zero-order valence-electron chi connectivity index (χ0n) is 10.1. The predicted octanol–water partition coefficient (Wildman–Crippen LogP) is -1.77. The zero-order chi connectivity index (χ0) is 14.1. The van der Waals surface area contributed by atoms with Crippen molar-refractivity contribution in [2.75, 3.05) is 33.2 Å². The average Bonchev–Trinajstić information content (AvgIpc) is 2.23. The van der Waals surface area contributed by atoms with E-state index in [2.05, 4.69) is 0 Å². The lowest BCUT2D eigenvalue weighted by molar-refractivity contribution is -0.139. The lowest BCUT2D eigenvalue weighted by Crippen LogP contribution is -2.44. The Labute approximate surface area is 105 Å². The van der Waals surface area contributed by atoms with Crippen LogP contribution < -0.4 is 5.73 Å². The highest BCUT2D eigenvalue weighted by Gasteiger charge is 2.18. The molecule has 0 atom stereocenters. The van der Waals surface area contributed by atoms with Gasteiger partial charge >= 0.3 is 5.97 Å². The third kappa shape index (κ3) is 7.19. The number of carboxylic acids is 1. The molecule has 0 heterocycles. The SMILES string of the molecule is CN(CCC#N)C(=O)CN(CC(N)=O)CC(=O)O. The molecule has 0 spiro atoms. The van der Waals surface area contributed by atoms with E-state index in [9.17, 15) is 14.4 Å². The third-order valence-corrected chi connectivity index (χ3v) is 2.08. The van der Waals surface area contributed by atoms with E-state index in [1.165, 1.54) is 11.9 Å². The molecule has 0 aliphatic carbocycles. The van der Waals surface area contributed by atoms with E-state index in [1.54, 1.807) is 0 Å². The van der Waals surface area contributed by atoms with Crippen molar-refractivity contribution in [3.8, 4) is 6.07 Å². The van der Waals surface area contributed by atoms with Crippen molar-refractivity contribution >= 4 is 17.8 Å². The average molecular weight is 256 g/mol. The Bertz CT molecular complexity index is 347. The van der Waals surface area contributed by atoms with Gasteiger partial charge < -0.3 is 15.7 Å². The molecule has 0 fully saturated rings. The highest BCUT2D eigenvalue weighted by molar-refractivity contribution is 5.81. The van der Waals surface area contributed by atoms with Gasteiger partial charge in [0.05, 0.1) is 32.1 Å². The number of hydrogen-bond donors (Lipinski definition) is 2.